The molecule has 4 atom stereocenters. The van der Waals surface area contributed by atoms with Gasteiger partial charge in [-0.15, -0.1) is 0 Å². The molecular formula is C73H62O6Sn. The molecule has 0 aliphatic carbocycles. The Balaban J connectivity index is 1.20. The second kappa shape index (κ2) is 20.3. The zero-order valence-electron chi connectivity index (χ0n) is 45.4. The molecular weight excluding hydrogens is 1090 g/mol. The Morgan fingerprint density at radius 3 is 1.04 bits per heavy atom. The monoisotopic (exact) mass is 1150 g/mol. The molecule has 13 rings (SSSR count). The van der Waals surface area contributed by atoms with Crippen LogP contribution in [0.15, 0.2) is 261 Å². The van der Waals surface area contributed by atoms with Gasteiger partial charge in [0.25, 0.3) is 0 Å². The van der Waals surface area contributed by atoms with Crippen LogP contribution in [0.2, 0.25) is 4.44 Å². The van der Waals surface area contributed by atoms with E-state index in [1.807, 2.05) is 100 Å². The van der Waals surface area contributed by atoms with E-state index in [4.69, 9.17) is 18.9 Å². The fraction of sp³-hybridized carbons (Fsp3) is 0.178. The van der Waals surface area contributed by atoms with Crippen LogP contribution in [-0.2, 0) is 39.7 Å². The molecule has 0 saturated carbocycles. The molecule has 6 nitrogen and oxygen atoms in total. The predicted octanol–water partition coefficient (Wildman–Crippen LogP) is 14.3. The van der Waals surface area contributed by atoms with E-state index in [9.17, 15) is 0 Å². The number of fused-ring (bicyclic) bond motifs is 5. The first-order valence-electron chi connectivity index (χ1n) is 27.9. The number of ether oxygens (including phenoxy) is 4. The molecule has 0 N–H and O–H groups in total. The minimum atomic E-state index is -4.51. The summed E-state index contributed by atoms with van der Waals surface area (Å²) in [6.45, 7) is 7.80. The molecule has 2 aliphatic heterocycles. The molecule has 0 radical (unpaired) electrons. The number of carbonyl (C=O) groups excluding carboxylic acids is 2. The summed E-state index contributed by atoms with van der Waals surface area (Å²) in [5.41, 5.74) is -2.10. The summed E-state index contributed by atoms with van der Waals surface area (Å²) in [7, 11) is 0. The average molecular weight is 1150 g/mol. The van der Waals surface area contributed by atoms with Gasteiger partial charge in [0.05, 0.1) is 0 Å². The summed E-state index contributed by atoms with van der Waals surface area (Å²) in [6.07, 6.45) is -2.32. The third-order valence-corrected chi connectivity index (χ3v) is 32.3. The van der Waals surface area contributed by atoms with Gasteiger partial charge in [-0.1, -0.05) is 0 Å². The maximum atomic E-state index is 17.5. The normalized spacial score (nSPS) is 20.9. The minimum absolute atomic E-state index is 0.0979. The van der Waals surface area contributed by atoms with Gasteiger partial charge in [-0.3, -0.25) is 0 Å². The SMILES string of the molecule is CC1C[C@](C)([CH2][Sn]([c]2ccccc2)([c]2ccccc2)[c]2ccccc2)C(=O)OC(c2cccc3ccccc23)(c2cccc3ccccc23)[C@@H]2OC(C)(C)O[C@H]2C(c2cccc3ccccc23)(c2cccc3ccccc23)OC1=O. The van der Waals surface area contributed by atoms with Crippen LogP contribution in [0.4, 0.5) is 0 Å². The van der Waals surface area contributed by atoms with Crippen LogP contribution in [0.3, 0.4) is 0 Å². The van der Waals surface area contributed by atoms with Crippen LogP contribution >= 0.6 is 0 Å². The maximum absolute atomic E-state index is 17.5. The van der Waals surface area contributed by atoms with E-state index in [0.717, 1.165) is 43.1 Å². The number of carbonyl (C=O) groups is 2. The van der Waals surface area contributed by atoms with E-state index in [1.165, 1.54) is 10.7 Å². The molecule has 394 valence electrons. The van der Waals surface area contributed by atoms with Crippen LogP contribution < -0.4 is 10.7 Å². The van der Waals surface area contributed by atoms with Crippen molar-refractivity contribution in [1.82, 2.24) is 0 Å². The van der Waals surface area contributed by atoms with Gasteiger partial charge in [-0.25, -0.2) is 0 Å². The van der Waals surface area contributed by atoms with Crippen molar-refractivity contribution in [3.63, 3.8) is 0 Å². The van der Waals surface area contributed by atoms with Crippen LogP contribution in [0.5, 0.6) is 0 Å². The van der Waals surface area contributed by atoms with E-state index >= 15 is 9.59 Å². The van der Waals surface area contributed by atoms with Crippen LogP contribution in [0.25, 0.3) is 43.1 Å². The first kappa shape index (κ1) is 51.6. The van der Waals surface area contributed by atoms with Gasteiger partial charge >= 0.3 is 475 Å². The van der Waals surface area contributed by atoms with E-state index in [2.05, 4.69) is 188 Å². The number of benzene rings is 11. The third-order valence-electron chi connectivity index (χ3n) is 17.3. The van der Waals surface area contributed by atoms with Crippen molar-refractivity contribution in [3.05, 3.63) is 283 Å². The van der Waals surface area contributed by atoms with Crippen molar-refractivity contribution in [2.45, 2.75) is 67.7 Å². The third kappa shape index (κ3) is 8.45. The fourth-order valence-corrected chi connectivity index (χ4v) is 29.2. The number of hydrogen-bond donors (Lipinski definition) is 0. The molecule has 2 aliphatic rings. The molecule has 0 amide bonds. The summed E-state index contributed by atoms with van der Waals surface area (Å²) < 4.78 is 35.5. The molecule has 7 heteroatoms. The van der Waals surface area contributed by atoms with Gasteiger partial charge in [0.2, 0.25) is 0 Å². The molecule has 2 saturated heterocycles. The van der Waals surface area contributed by atoms with Crippen molar-refractivity contribution in [2.24, 2.45) is 11.3 Å². The molecule has 0 spiro atoms. The Labute approximate surface area is 471 Å². The average Bonchev–Trinajstić information content (AvgIpc) is 3.89. The molecule has 2 fully saturated rings. The molecule has 2 heterocycles. The summed E-state index contributed by atoms with van der Waals surface area (Å²) in [6, 6.07) is 90.2. The molecule has 80 heavy (non-hydrogen) atoms. The molecule has 0 bridgehead atoms. The Morgan fingerprint density at radius 2 is 0.688 bits per heavy atom. The van der Waals surface area contributed by atoms with E-state index in [1.54, 1.807) is 0 Å². The van der Waals surface area contributed by atoms with E-state index in [0.29, 0.717) is 26.7 Å². The number of hydrogen-bond acceptors (Lipinski definition) is 6. The quantitative estimate of drug-likeness (QED) is 0.106. The van der Waals surface area contributed by atoms with Crippen molar-refractivity contribution in [2.75, 3.05) is 0 Å². The Bertz CT molecular complexity index is 3850. The standard InChI is InChI=1S/C55H47O6.3C6H5.Sn/c1-35-34-52(2,3)51(57)61-55(46-32-16-24-38-20-8-12-28-42(38)46,47-33-17-25-39-21-9-13-29-43(39)47)49-48(58-53(4,5)59-49)54(60-50(35)56,44-30-14-22-36-18-6-10-26-40(36)44)45-31-15-23-37-19-7-11-27-41(37)45;3*1-2-4-6-5-3-1;/h6-33,35,48-49H,2,34H2,1,3-5H3;3*1-5H;/t35?,48-,49-,52-;;;;/m1..../s1. The van der Waals surface area contributed by atoms with Crippen molar-refractivity contribution in [3.8, 4) is 0 Å². The van der Waals surface area contributed by atoms with Crippen LogP contribution in [0, 0.1) is 11.3 Å². The summed E-state index contributed by atoms with van der Waals surface area (Å²) >= 11 is -4.51. The molecule has 11 aromatic carbocycles. The zero-order chi connectivity index (χ0) is 54.7. The summed E-state index contributed by atoms with van der Waals surface area (Å²) in [5.74, 6) is -3.12. The first-order valence-corrected chi connectivity index (χ1v) is 34.2. The second-order valence-corrected chi connectivity index (χ2v) is 33.8. The van der Waals surface area contributed by atoms with Crippen molar-refractivity contribution >= 4 is 84.1 Å². The van der Waals surface area contributed by atoms with Crippen molar-refractivity contribution < 1.29 is 28.5 Å². The summed E-state index contributed by atoms with van der Waals surface area (Å²) in [5, 5.41) is 7.31. The number of rotatable bonds is 9. The fourth-order valence-electron chi connectivity index (χ4n) is 13.9. The van der Waals surface area contributed by atoms with Crippen LogP contribution in [-0.4, -0.2) is 48.3 Å². The van der Waals surface area contributed by atoms with Gasteiger partial charge in [0.1, 0.15) is 0 Å². The van der Waals surface area contributed by atoms with Crippen molar-refractivity contribution in [1.29, 1.82) is 0 Å². The molecule has 1 unspecified atom stereocenters. The van der Waals surface area contributed by atoms with Gasteiger partial charge < -0.3 is 0 Å². The molecule has 0 aromatic heterocycles. The van der Waals surface area contributed by atoms with E-state index < -0.39 is 70.8 Å². The zero-order valence-corrected chi connectivity index (χ0v) is 48.3. The topological polar surface area (TPSA) is 71.1 Å². The number of cyclic esters (lactones) is 2. The second-order valence-electron chi connectivity index (χ2n) is 22.7. The number of esters is 2. The Hall–Kier alpha value is -7.88. The summed E-state index contributed by atoms with van der Waals surface area (Å²) in [4.78, 5) is 34.0. The molecule has 11 aromatic rings. The first-order chi connectivity index (χ1) is 38.9. The van der Waals surface area contributed by atoms with Gasteiger partial charge in [0.15, 0.2) is 0 Å². The van der Waals surface area contributed by atoms with Gasteiger partial charge in [-0.2, -0.15) is 0 Å². The van der Waals surface area contributed by atoms with E-state index in [-0.39, 0.29) is 6.42 Å². The van der Waals surface area contributed by atoms with Crippen LogP contribution in [0.1, 0.15) is 56.4 Å². The van der Waals surface area contributed by atoms with Gasteiger partial charge in [-0.05, 0) is 0 Å². The van der Waals surface area contributed by atoms with Gasteiger partial charge in [0, 0.05) is 0 Å². The Kier molecular flexibility index (Phi) is 13.1. The Morgan fingerprint density at radius 1 is 0.388 bits per heavy atom. The predicted molar refractivity (Wildman–Crippen MR) is 324 cm³/mol.